The molecular formula is C20H22Cl2N2OS. The van der Waals surface area contributed by atoms with Crippen LogP contribution in [0, 0.1) is 0 Å². The van der Waals surface area contributed by atoms with Crippen LogP contribution in [0.2, 0.25) is 10.0 Å². The fourth-order valence-electron chi connectivity index (χ4n) is 2.97. The first kappa shape index (κ1) is 19.4. The van der Waals surface area contributed by atoms with Crippen molar-refractivity contribution in [3.63, 3.8) is 0 Å². The Labute approximate surface area is 170 Å². The maximum absolute atomic E-state index is 6.42. The molecule has 138 valence electrons. The van der Waals surface area contributed by atoms with Crippen molar-refractivity contribution in [2.45, 2.75) is 13.5 Å². The van der Waals surface area contributed by atoms with Crippen LogP contribution in [0.1, 0.15) is 18.1 Å². The number of halogens is 2. The van der Waals surface area contributed by atoms with E-state index in [1.54, 1.807) is 0 Å². The molecule has 0 unspecified atom stereocenters. The molecule has 0 atom stereocenters. The molecule has 1 fully saturated rings. The number of benzene rings is 2. The van der Waals surface area contributed by atoms with Crippen LogP contribution in [0.3, 0.4) is 0 Å². The summed E-state index contributed by atoms with van der Waals surface area (Å²) in [4.78, 5) is 5.52. The van der Waals surface area contributed by atoms with Crippen LogP contribution in [-0.4, -0.2) is 47.5 Å². The number of rotatable bonds is 5. The van der Waals surface area contributed by atoms with Crippen molar-refractivity contribution >= 4 is 40.4 Å². The number of likely N-dealkylation sites (N-methyl/N-ethyl adjacent to an activating group) is 1. The average molecular weight is 409 g/mol. The van der Waals surface area contributed by atoms with Crippen LogP contribution in [0.5, 0.6) is 5.75 Å². The maximum atomic E-state index is 6.42. The summed E-state index contributed by atoms with van der Waals surface area (Å²) >= 11 is 18.3. The molecule has 2 aromatic carbocycles. The highest BCUT2D eigenvalue weighted by molar-refractivity contribution is 7.80. The second-order valence-electron chi connectivity index (χ2n) is 6.25. The molecule has 2 aromatic rings. The van der Waals surface area contributed by atoms with E-state index in [2.05, 4.69) is 16.7 Å². The van der Waals surface area contributed by atoms with E-state index >= 15 is 0 Å². The van der Waals surface area contributed by atoms with E-state index in [9.17, 15) is 0 Å². The van der Waals surface area contributed by atoms with Crippen LogP contribution < -0.4 is 4.74 Å². The van der Waals surface area contributed by atoms with Crippen molar-refractivity contribution in [3.05, 3.63) is 63.6 Å². The number of piperazine rings is 1. The molecular weight excluding hydrogens is 387 g/mol. The van der Waals surface area contributed by atoms with Crippen molar-refractivity contribution < 1.29 is 4.74 Å². The molecule has 1 aliphatic rings. The number of nitrogens with zero attached hydrogens (tertiary/aromatic N) is 2. The topological polar surface area (TPSA) is 15.7 Å². The van der Waals surface area contributed by atoms with Gasteiger partial charge in [0.2, 0.25) is 0 Å². The average Bonchev–Trinajstić information content (AvgIpc) is 2.67. The van der Waals surface area contributed by atoms with Gasteiger partial charge in [0, 0.05) is 42.3 Å². The fraction of sp³-hybridized carbons (Fsp3) is 0.350. The summed E-state index contributed by atoms with van der Waals surface area (Å²) < 4.78 is 5.83. The lowest BCUT2D eigenvalue weighted by molar-refractivity contribution is 0.192. The molecule has 1 aliphatic heterocycles. The Morgan fingerprint density at radius 3 is 2.42 bits per heavy atom. The minimum atomic E-state index is 0.377. The molecule has 0 aliphatic carbocycles. The van der Waals surface area contributed by atoms with Crippen molar-refractivity contribution in [3.8, 4) is 5.75 Å². The highest BCUT2D eigenvalue weighted by Gasteiger charge is 2.19. The van der Waals surface area contributed by atoms with Crippen molar-refractivity contribution in [2.75, 3.05) is 32.7 Å². The van der Waals surface area contributed by atoms with Gasteiger partial charge in [0.25, 0.3) is 0 Å². The molecule has 0 spiro atoms. The van der Waals surface area contributed by atoms with Gasteiger partial charge in [-0.15, -0.1) is 0 Å². The third kappa shape index (κ3) is 4.68. The molecule has 3 nitrogen and oxygen atoms in total. The molecule has 0 amide bonds. The minimum Gasteiger partial charge on any atom is -0.487 e. The first-order chi connectivity index (χ1) is 12.6. The van der Waals surface area contributed by atoms with E-state index in [-0.39, 0.29) is 0 Å². The second-order valence-corrected chi connectivity index (χ2v) is 7.45. The first-order valence-corrected chi connectivity index (χ1v) is 9.92. The lowest BCUT2D eigenvalue weighted by atomic mass is 10.2. The smallest absolute Gasteiger partial charge is 0.138 e. The zero-order valence-corrected chi connectivity index (χ0v) is 17.1. The number of thiocarbonyl (C=S) groups is 1. The molecule has 0 aromatic heterocycles. The Morgan fingerprint density at radius 2 is 1.77 bits per heavy atom. The van der Waals surface area contributed by atoms with Crippen LogP contribution in [-0.2, 0) is 6.61 Å². The minimum absolute atomic E-state index is 0.377. The Bertz CT molecular complexity index is 776. The second kappa shape index (κ2) is 9.05. The Kier molecular flexibility index (Phi) is 6.76. The van der Waals surface area contributed by atoms with Gasteiger partial charge in [-0.25, -0.2) is 0 Å². The van der Waals surface area contributed by atoms with Gasteiger partial charge in [-0.2, -0.15) is 0 Å². The van der Waals surface area contributed by atoms with Crippen molar-refractivity contribution in [1.29, 1.82) is 0 Å². The van der Waals surface area contributed by atoms with Crippen molar-refractivity contribution in [1.82, 2.24) is 9.80 Å². The molecule has 0 bridgehead atoms. The summed E-state index contributed by atoms with van der Waals surface area (Å²) in [5, 5.41) is 1.25. The van der Waals surface area contributed by atoms with Gasteiger partial charge in [-0.1, -0.05) is 60.5 Å². The van der Waals surface area contributed by atoms with E-state index in [1.165, 1.54) is 0 Å². The molecule has 0 saturated carbocycles. The third-order valence-electron chi connectivity index (χ3n) is 4.63. The number of hydrogen-bond donors (Lipinski definition) is 0. The SMILES string of the molecule is CCN1CCN(C(=S)c2ccc(OCc3ccccc3Cl)c(Cl)c2)CC1. The predicted molar refractivity (Wildman–Crippen MR) is 113 cm³/mol. The summed E-state index contributed by atoms with van der Waals surface area (Å²) in [6.07, 6.45) is 0. The summed E-state index contributed by atoms with van der Waals surface area (Å²) in [6.45, 7) is 7.65. The standard InChI is InChI=1S/C20H22Cl2N2OS/c1-2-23-9-11-24(12-10-23)20(26)15-7-8-19(18(22)13-15)25-14-16-5-3-4-6-17(16)21/h3-8,13H,2,9-12,14H2,1H3. The van der Waals surface area contributed by atoms with Gasteiger partial charge < -0.3 is 14.5 Å². The van der Waals surface area contributed by atoms with Gasteiger partial charge in [0.05, 0.1) is 5.02 Å². The van der Waals surface area contributed by atoms with Gasteiger partial charge in [-0.3, -0.25) is 0 Å². The third-order valence-corrected chi connectivity index (χ3v) is 5.78. The van der Waals surface area contributed by atoms with Crippen LogP contribution in [0.15, 0.2) is 42.5 Å². The highest BCUT2D eigenvalue weighted by Crippen LogP contribution is 2.28. The molecule has 6 heteroatoms. The largest absolute Gasteiger partial charge is 0.487 e. The Morgan fingerprint density at radius 1 is 1.04 bits per heavy atom. The zero-order valence-electron chi connectivity index (χ0n) is 14.8. The molecule has 0 N–H and O–H groups in total. The fourth-order valence-corrected chi connectivity index (χ4v) is 3.71. The first-order valence-electron chi connectivity index (χ1n) is 8.76. The normalized spacial score (nSPS) is 15.1. The van der Waals surface area contributed by atoms with Crippen LogP contribution in [0.4, 0.5) is 0 Å². The summed E-state index contributed by atoms with van der Waals surface area (Å²) in [5.74, 6) is 0.633. The van der Waals surface area contributed by atoms with Crippen molar-refractivity contribution in [2.24, 2.45) is 0 Å². The van der Waals surface area contributed by atoms with Crippen LogP contribution in [0.25, 0.3) is 0 Å². The molecule has 0 radical (unpaired) electrons. The maximum Gasteiger partial charge on any atom is 0.138 e. The van der Waals surface area contributed by atoms with E-state index in [4.69, 9.17) is 40.2 Å². The molecule has 26 heavy (non-hydrogen) atoms. The summed E-state index contributed by atoms with van der Waals surface area (Å²) in [6, 6.07) is 13.4. The Balaban J connectivity index is 1.64. The van der Waals surface area contributed by atoms with E-state index in [1.807, 2.05) is 42.5 Å². The van der Waals surface area contributed by atoms with E-state index in [0.29, 0.717) is 22.4 Å². The predicted octanol–water partition coefficient (Wildman–Crippen LogP) is 4.89. The highest BCUT2D eigenvalue weighted by atomic mass is 35.5. The molecule has 1 heterocycles. The number of hydrogen-bond acceptors (Lipinski definition) is 3. The van der Waals surface area contributed by atoms with Gasteiger partial charge in [0.15, 0.2) is 0 Å². The van der Waals surface area contributed by atoms with E-state index < -0.39 is 0 Å². The number of ether oxygens (including phenoxy) is 1. The lowest BCUT2D eigenvalue weighted by Crippen LogP contribution is -2.48. The van der Waals surface area contributed by atoms with Gasteiger partial charge in [0.1, 0.15) is 17.3 Å². The monoisotopic (exact) mass is 408 g/mol. The van der Waals surface area contributed by atoms with Gasteiger partial charge >= 0.3 is 0 Å². The zero-order chi connectivity index (χ0) is 18.5. The van der Waals surface area contributed by atoms with Crippen LogP contribution >= 0.6 is 35.4 Å². The lowest BCUT2D eigenvalue weighted by Gasteiger charge is -2.35. The Hall–Kier alpha value is -1.33. The summed E-state index contributed by atoms with van der Waals surface area (Å²) in [7, 11) is 0. The molecule has 1 saturated heterocycles. The summed E-state index contributed by atoms with van der Waals surface area (Å²) in [5.41, 5.74) is 1.89. The molecule has 3 rings (SSSR count). The van der Waals surface area contributed by atoms with Gasteiger partial charge in [-0.05, 0) is 30.8 Å². The van der Waals surface area contributed by atoms with E-state index in [0.717, 1.165) is 48.8 Å². The quantitative estimate of drug-likeness (QED) is 0.654.